The molecule has 108 valence electrons. The summed E-state index contributed by atoms with van der Waals surface area (Å²) in [5.41, 5.74) is -0.224. The van der Waals surface area contributed by atoms with E-state index in [-0.39, 0.29) is 36.1 Å². The molecule has 0 bridgehead atoms. The molecule has 0 aliphatic carbocycles. The lowest BCUT2D eigenvalue weighted by Gasteiger charge is -2.29. The van der Waals surface area contributed by atoms with Crippen LogP contribution < -0.4 is 10.6 Å². The summed E-state index contributed by atoms with van der Waals surface area (Å²) >= 11 is 0. The van der Waals surface area contributed by atoms with Gasteiger partial charge in [-0.1, -0.05) is 0 Å². The van der Waals surface area contributed by atoms with Gasteiger partial charge >= 0.3 is 0 Å². The maximum Gasteiger partial charge on any atom is 0.250 e. The third-order valence-electron chi connectivity index (χ3n) is 2.96. The maximum absolute atomic E-state index is 11.9. The molecule has 0 spiro atoms. The number of amides is 1. The van der Waals surface area contributed by atoms with Crippen LogP contribution in [0.2, 0.25) is 0 Å². The van der Waals surface area contributed by atoms with Gasteiger partial charge in [0.15, 0.2) is 0 Å². The fraction of sp³-hybridized carbons (Fsp3) is 0.917. The summed E-state index contributed by atoms with van der Waals surface area (Å²) in [5, 5.41) is 6.09. The number of rotatable bonds is 5. The van der Waals surface area contributed by atoms with E-state index in [1.165, 1.54) is 0 Å². The lowest BCUT2D eigenvalue weighted by Crippen LogP contribution is -2.50. The molecule has 1 rings (SSSR count). The van der Waals surface area contributed by atoms with Gasteiger partial charge in [-0.05, 0) is 27.2 Å². The second kappa shape index (κ2) is 7.94. The van der Waals surface area contributed by atoms with Gasteiger partial charge in [-0.2, -0.15) is 0 Å². The average molecular weight is 281 g/mol. The molecule has 1 saturated heterocycles. The second-order valence-electron chi connectivity index (χ2n) is 5.14. The quantitative estimate of drug-likeness (QED) is 0.779. The normalized spacial score (nSPS) is 21.9. The summed E-state index contributed by atoms with van der Waals surface area (Å²) in [4.78, 5) is 11.9. The summed E-state index contributed by atoms with van der Waals surface area (Å²) in [7, 11) is 1.68. The van der Waals surface area contributed by atoms with Crippen LogP contribution in [-0.2, 0) is 14.3 Å². The molecule has 0 saturated carbocycles. The van der Waals surface area contributed by atoms with Crippen LogP contribution in [0.5, 0.6) is 0 Å². The smallest absolute Gasteiger partial charge is 0.250 e. The number of methoxy groups -OCH3 is 1. The largest absolute Gasteiger partial charge is 0.379 e. The Morgan fingerprint density at radius 2 is 2.28 bits per heavy atom. The van der Waals surface area contributed by atoms with Crippen LogP contribution in [-0.4, -0.2) is 50.5 Å². The number of ether oxygens (including phenoxy) is 2. The zero-order valence-corrected chi connectivity index (χ0v) is 12.4. The number of carbonyl (C=O) groups is 1. The number of nitrogens with one attached hydrogen (secondary N) is 2. The van der Waals surface area contributed by atoms with E-state index in [0.29, 0.717) is 13.2 Å². The SMILES string of the molecule is COC(C)(C)CC(C)NC(=O)C1CNCCO1.Cl. The van der Waals surface area contributed by atoms with Gasteiger partial charge in [0, 0.05) is 26.2 Å². The first-order chi connectivity index (χ1) is 7.94. The predicted molar refractivity (Wildman–Crippen MR) is 73.2 cm³/mol. The van der Waals surface area contributed by atoms with E-state index in [0.717, 1.165) is 13.0 Å². The van der Waals surface area contributed by atoms with Gasteiger partial charge in [-0.15, -0.1) is 12.4 Å². The van der Waals surface area contributed by atoms with E-state index in [1.807, 2.05) is 20.8 Å². The van der Waals surface area contributed by atoms with Gasteiger partial charge in [0.05, 0.1) is 12.2 Å². The summed E-state index contributed by atoms with van der Waals surface area (Å²) in [6.45, 7) is 8.00. The van der Waals surface area contributed by atoms with E-state index < -0.39 is 0 Å². The Kier molecular flexibility index (Phi) is 7.78. The first-order valence-electron chi connectivity index (χ1n) is 6.12. The van der Waals surface area contributed by atoms with Gasteiger partial charge < -0.3 is 20.1 Å². The van der Waals surface area contributed by atoms with Crippen LogP contribution in [0.3, 0.4) is 0 Å². The number of hydrogen-bond donors (Lipinski definition) is 2. The van der Waals surface area contributed by atoms with Crippen LogP contribution in [0.4, 0.5) is 0 Å². The van der Waals surface area contributed by atoms with Crippen molar-refractivity contribution in [2.24, 2.45) is 0 Å². The molecule has 6 heteroatoms. The van der Waals surface area contributed by atoms with E-state index in [2.05, 4.69) is 10.6 Å². The van der Waals surface area contributed by atoms with Gasteiger partial charge in [-0.3, -0.25) is 4.79 Å². The molecule has 0 radical (unpaired) electrons. The average Bonchev–Trinajstić information content (AvgIpc) is 2.29. The van der Waals surface area contributed by atoms with Crippen LogP contribution in [0.1, 0.15) is 27.2 Å². The third-order valence-corrected chi connectivity index (χ3v) is 2.96. The molecule has 2 atom stereocenters. The van der Waals surface area contributed by atoms with Crippen molar-refractivity contribution in [1.29, 1.82) is 0 Å². The Morgan fingerprint density at radius 1 is 1.61 bits per heavy atom. The molecule has 1 fully saturated rings. The van der Waals surface area contributed by atoms with Crippen molar-refractivity contribution >= 4 is 18.3 Å². The first-order valence-corrected chi connectivity index (χ1v) is 6.12. The molecule has 2 N–H and O–H groups in total. The zero-order valence-electron chi connectivity index (χ0n) is 11.6. The fourth-order valence-corrected chi connectivity index (χ4v) is 1.94. The second-order valence-corrected chi connectivity index (χ2v) is 5.14. The molecule has 5 nitrogen and oxygen atoms in total. The molecule has 0 aromatic rings. The summed E-state index contributed by atoms with van der Waals surface area (Å²) < 4.78 is 10.7. The van der Waals surface area contributed by atoms with Crippen LogP contribution in [0.25, 0.3) is 0 Å². The topological polar surface area (TPSA) is 59.6 Å². The zero-order chi connectivity index (χ0) is 12.9. The monoisotopic (exact) mass is 280 g/mol. The molecule has 0 aromatic carbocycles. The van der Waals surface area contributed by atoms with E-state index >= 15 is 0 Å². The van der Waals surface area contributed by atoms with E-state index in [4.69, 9.17) is 9.47 Å². The van der Waals surface area contributed by atoms with E-state index in [1.54, 1.807) is 7.11 Å². The van der Waals surface area contributed by atoms with Crippen molar-refractivity contribution in [3.05, 3.63) is 0 Å². The lowest BCUT2D eigenvalue weighted by atomic mass is 10.00. The highest BCUT2D eigenvalue weighted by molar-refractivity contribution is 5.85. The maximum atomic E-state index is 11.9. The lowest BCUT2D eigenvalue weighted by molar-refractivity contribution is -0.135. The Bertz CT molecular complexity index is 256. The molecule has 1 heterocycles. The van der Waals surface area contributed by atoms with Crippen molar-refractivity contribution in [3.63, 3.8) is 0 Å². The molecule has 18 heavy (non-hydrogen) atoms. The minimum Gasteiger partial charge on any atom is -0.379 e. The van der Waals surface area contributed by atoms with Gasteiger partial charge in [0.2, 0.25) is 0 Å². The number of morpholine rings is 1. The van der Waals surface area contributed by atoms with Gasteiger partial charge in [0.1, 0.15) is 6.10 Å². The number of halogens is 1. The minimum absolute atomic E-state index is 0. The standard InChI is InChI=1S/C12H24N2O3.ClH/c1-9(7-12(2,3)16-4)14-11(15)10-8-13-5-6-17-10;/h9-10,13H,5-8H2,1-4H3,(H,14,15);1H. The first kappa shape index (κ1) is 17.6. The van der Waals surface area contributed by atoms with Crippen molar-refractivity contribution in [1.82, 2.24) is 10.6 Å². The van der Waals surface area contributed by atoms with Crippen LogP contribution in [0.15, 0.2) is 0 Å². The Hall–Kier alpha value is -0.360. The third kappa shape index (κ3) is 6.00. The van der Waals surface area contributed by atoms with Crippen molar-refractivity contribution < 1.29 is 14.3 Å². The highest BCUT2D eigenvalue weighted by Crippen LogP contribution is 2.15. The highest BCUT2D eigenvalue weighted by Gasteiger charge is 2.25. The Morgan fingerprint density at radius 3 is 2.78 bits per heavy atom. The van der Waals surface area contributed by atoms with Gasteiger partial charge in [-0.25, -0.2) is 0 Å². The van der Waals surface area contributed by atoms with Gasteiger partial charge in [0.25, 0.3) is 5.91 Å². The molecule has 0 aromatic heterocycles. The summed E-state index contributed by atoms with van der Waals surface area (Å²) in [6.07, 6.45) is 0.409. The highest BCUT2D eigenvalue weighted by atomic mass is 35.5. The van der Waals surface area contributed by atoms with E-state index in [9.17, 15) is 4.79 Å². The summed E-state index contributed by atoms with van der Waals surface area (Å²) in [6, 6.07) is 0.0722. The number of hydrogen-bond acceptors (Lipinski definition) is 4. The number of carbonyl (C=O) groups excluding carboxylic acids is 1. The fourth-order valence-electron chi connectivity index (χ4n) is 1.94. The van der Waals surface area contributed by atoms with Crippen LogP contribution >= 0.6 is 12.4 Å². The Balaban J connectivity index is 0.00000289. The molecular weight excluding hydrogens is 256 g/mol. The minimum atomic E-state index is -0.364. The molecular formula is C12H25ClN2O3. The molecule has 2 unspecified atom stereocenters. The molecule has 1 amide bonds. The molecule has 1 aliphatic rings. The van der Waals surface area contributed by atoms with Crippen molar-refractivity contribution in [2.45, 2.75) is 44.9 Å². The molecule has 1 aliphatic heterocycles. The van der Waals surface area contributed by atoms with Crippen molar-refractivity contribution in [3.8, 4) is 0 Å². The predicted octanol–water partition coefficient (Wildman–Crippen LogP) is 0.716. The summed E-state index contributed by atoms with van der Waals surface area (Å²) in [5.74, 6) is -0.0448. The van der Waals surface area contributed by atoms with Crippen LogP contribution in [0, 0.1) is 0 Å². The Labute approximate surface area is 115 Å². The van der Waals surface area contributed by atoms with Crippen molar-refractivity contribution in [2.75, 3.05) is 26.8 Å².